The van der Waals surface area contributed by atoms with Crippen LogP contribution < -0.4 is 9.47 Å². The number of fused-ring (bicyclic) bond motifs is 1. The van der Waals surface area contributed by atoms with E-state index in [-0.39, 0.29) is 11.7 Å². The van der Waals surface area contributed by atoms with Gasteiger partial charge in [0.2, 0.25) is 0 Å². The molecular weight excluding hydrogens is 284 g/mol. The molecule has 0 saturated heterocycles. The Balaban J connectivity index is 2.03. The van der Waals surface area contributed by atoms with Crippen molar-refractivity contribution in [2.45, 2.75) is 19.3 Å². The number of carbonyl (C=O) groups excluding carboxylic acids is 1. The van der Waals surface area contributed by atoms with Gasteiger partial charge in [-0.05, 0) is 37.3 Å². The van der Waals surface area contributed by atoms with Crippen molar-refractivity contribution < 1.29 is 14.3 Å². The molecule has 3 nitrogen and oxygen atoms in total. The summed E-state index contributed by atoms with van der Waals surface area (Å²) in [5, 5.41) is 0. The van der Waals surface area contributed by atoms with Crippen LogP contribution >= 0.6 is 11.8 Å². The lowest BCUT2D eigenvalue weighted by Gasteiger charge is -2.24. The van der Waals surface area contributed by atoms with Gasteiger partial charge >= 0.3 is 0 Å². The molecule has 0 saturated carbocycles. The van der Waals surface area contributed by atoms with Gasteiger partial charge in [-0.15, -0.1) is 11.8 Å². The van der Waals surface area contributed by atoms with Gasteiger partial charge in [0, 0.05) is 10.8 Å². The SMILES string of the molecule is CSC1=CC(c2cc3c(c(C(C)=O)c2)OCCO3)CC=C1. The Bertz CT molecular complexity index is 631. The first-order valence-electron chi connectivity index (χ1n) is 7.06. The number of allylic oxidation sites excluding steroid dienone is 3. The summed E-state index contributed by atoms with van der Waals surface area (Å²) in [6.45, 7) is 2.60. The molecular formula is C17H18O3S. The predicted molar refractivity (Wildman–Crippen MR) is 85.5 cm³/mol. The number of carbonyl (C=O) groups is 1. The molecule has 0 amide bonds. The molecule has 110 valence electrons. The Kier molecular flexibility index (Phi) is 4.06. The van der Waals surface area contributed by atoms with E-state index in [1.807, 2.05) is 12.1 Å². The van der Waals surface area contributed by atoms with Crippen molar-refractivity contribution in [1.82, 2.24) is 0 Å². The number of ether oxygens (including phenoxy) is 2. The topological polar surface area (TPSA) is 35.5 Å². The Hall–Kier alpha value is -1.68. The minimum absolute atomic E-state index is 0.0130. The summed E-state index contributed by atoms with van der Waals surface area (Å²) in [7, 11) is 0. The molecule has 0 fully saturated rings. The third kappa shape index (κ3) is 2.86. The van der Waals surface area contributed by atoms with Crippen LogP contribution in [0.2, 0.25) is 0 Å². The molecule has 1 aromatic carbocycles. The molecule has 2 aliphatic rings. The maximum Gasteiger partial charge on any atom is 0.172 e. The average molecular weight is 302 g/mol. The summed E-state index contributed by atoms with van der Waals surface area (Å²) in [4.78, 5) is 13.2. The number of rotatable bonds is 3. The molecule has 0 N–H and O–H groups in total. The second kappa shape index (κ2) is 5.98. The van der Waals surface area contributed by atoms with Crippen LogP contribution in [0.3, 0.4) is 0 Å². The number of hydrogen-bond acceptors (Lipinski definition) is 4. The van der Waals surface area contributed by atoms with Crippen LogP contribution in [0.25, 0.3) is 0 Å². The lowest BCUT2D eigenvalue weighted by Crippen LogP contribution is -2.18. The maximum absolute atomic E-state index is 11.9. The monoisotopic (exact) mass is 302 g/mol. The van der Waals surface area contributed by atoms with Crippen molar-refractivity contribution >= 4 is 17.5 Å². The summed E-state index contributed by atoms with van der Waals surface area (Å²) in [6, 6.07) is 3.97. The minimum Gasteiger partial charge on any atom is -0.486 e. The molecule has 4 heteroatoms. The van der Waals surface area contributed by atoms with Gasteiger partial charge in [0.05, 0.1) is 5.56 Å². The highest BCUT2D eigenvalue weighted by atomic mass is 32.2. The molecule has 1 unspecified atom stereocenters. The minimum atomic E-state index is 0.0130. The zero-order chi connectivity index (χ0) is 14.8. The van der Waals surface area contributed by atoms with E-state index in [0.717, 1.165) is 12.0 Å². The van der Waals surface area contributed by atoms with Crippen molar-refractivity contribution in [2.75, 3.05) is 19.5 Å². The summed E-state index contributed by atoms with van der Waals surface area (Å²) in [5.74, 6) is 1.58. The van der Waals surface area contributed by atoms with Crippen LogP contribution in [0, 0.1) is 0 Å². The summed E-state index contributed by atoms with van der Waals surface area (Å²) < 4.78 is 11.3. The number of benzene rings is 1. The van der Waals surface area contributed by atoms with Gasteiger partial charge in [0.1, 0.15) is 13.2 Å². The van der Waals surface area contributed by atoms with Gasteiger partial charge in [0.25, 0.3) is 0 Å². The molecule has 0 spiro atoms. The highest BCUT2D eigenvalue weighted by Gasteiger charge is 2.23. The van der Waals surface area contributed by atoms with Crippen molar-refractivity contribution in [3.8, 4) is 11.5 Å². The third-order valence-corrected chi connectivity index (χ3v) is 4.49. The van der Waals surface area contributed by atoms with Gasteiger partial charge in [-0.1, -0.05) is 18.2 Å². The highest BCUT2D eigenvalue weighted by molar-refractivity contribution is 8.02. The number of ketones is 1. The largest absolute Gasteiger partial charge is 0.486 e. The van der Waals surface area contributed by atoms with E-state index in [4.69, 9.17) is 9.47 Å². The van der Waals surface area contributed by atoms with E-state index in [0.29, 0.717) is 30.3 Å². The molecule has 1 aromatic rings. The molecule has 3 rings (SSSR count). The second-order valence-electron chi connectivity index (χ2n) is 5.17. The Morgan fingerprint density at radius 3 is 2.86 bits per heavy atom. The number of hydrogen-bond donors (Lipinski definition) is 0. The van der Waals surface area contributed by atoms with Gasteiger partial charge in [0.15, 0.2) is 17.3 Å². The molecule has 0 aromatic heterocycles. The predicted octanol–water partition coefficient (Wildman–Crippen LogP) is 3.95. The van der Waals surface area contributed by atoms with Crippen LogP contribution in [0.4, 0.5) is 0 Å². The highest BCUT2D eigenvalue weighted by Crippen LogP contribution is 2.40. The van der Waals surface area contributed by atoms with Crippen LogP contribution in [-0.4, -0.2) is 25.3 Å². The van der Waals surface area contributed by atoms with Crippen molar-refractivity contribution in [2.24, 2.45) is 0 Å². The lowest BCUT2D eigenvalue weighted by atomic mass is 9.90. The fraction of sp³-hybridized carbons (Fsp3) is 0.353. The molecule has 1 atom stereocenters. The number of thioether (sulfide) groups is 1. The van der Waals surface area contributed by atoms with Crippen LogP contribution in [0.15, 0.2) is 35.3 Å². The van der Waals surface area contributed by atoms with Gasteiger partial charge in [-0.3, -0.25) is 4.79 Å². The van der Waals surface area contributed by atoms with Crippen molar-refractivity contribution in [3.05, 3.63) is 46.4 Å². The molecule has 21 heavy (non-hydrogen) atoms. The first kappa shape index (κ1) is 14.3. The molecule has 1 aliphatic heterocycles. The lowest BCUT2D eigenvalue weighted by molar-refractivity contribution is 0.100. The number of Topliss-reactive ketones (excluding diaryl/α,β-unsaturated/α-hetero) is 1. The zero-order valence-electron chi connectivity index (χ0n) is 12.2. The van der Waals surface area contributed by atoms with E-state index < -0.39 is 0 Å². The van der Waals surface area contributed by atoms with Crippen molar-refractivity contribution in [3.63, 3.8) is 0 Å². The summed E-state index contributed by atoms with van der Waals surface area (Å²) in [5.41, 5.74) is 1.73. The van der Waals surface area contributed by atoms with E-state index >= 15 is 0 Å². The standard InChI is InChI=1S/C17H18O3S/c1-11(18)15-9-13(10-16-17(15)20-7-6-19-16)12-4-3-5-14(8-12)21-2/h3,5,8-10,12H,4,6-7H2,1-2H3. The first-order chi connectivity index (χ1) is 10.2. The average Bonchev–Trinajstić information content (AvgIpc) is 2.53. The molecule has 1 aliphatic carbocycles. The van der Waals surface area contributed by atoms with E-state index in [9.17, 15) is 4.79 Å². The molecule has 1 heterocycles. The van der Waals surface area contributed by atoms with E-state index in [2.05, 4.69) is 24.5 Å². The van der Waals surface area contributed by atoms with Gasteiger partial charge in [-0.25, -0.2) is 0 Å². The quantitative estimate of drug-likeness (QED) is 0.792. The first-order valence-corrected chi connectivity index (χ1v) is 8.28. The summed E-state index contributed by atoms with van der Waals surface area (Å²) >= 11 is 1.73. The summed E-state index contributed by atoms with van der Waals surface area (Å²) in [6.07, 6.45) is 9.59. The van der Waals surface area contributed by atoms with Gasteiger partial charge < -0.3 is 9.47 Å². The third-order valence-electron chi connectivity index (χ3n) is 3.75. The Labute approximate surface area is 129 Å². The van der Waals surface area contributed by atoms with Crippen LogP contribution in [-0.2, 0) is 0 Å². The Morgan fingerprint density at radius 1 is 1.29 bits per heavy atom. The van der Waals surface area contributed by atoms with E-state index in [1.165, 1.54) is 4.91 Å². The second-order valence-corrected chi connectivity index (χ2v) is 6.05. The van der Waals surface area contributed by atoms with Gasteiger partial charge in [-0.2, -0.15) is 0 Å². The fourth-order valence-corrected chi connectivity index (χ4v) is 3.20. The molecule has 0 radical (unpaired) electrons. The van der Waals surface area contributed by atoms with Crippen LogP contribution in [0.1, 0.15) is 35.2 Å². The smallest absolute Gasteiger partial charge is 0.172 e. The zero-order valence-corrected chi connectivity index (χ0v) is 13.0. The maximum atomic E-state index is 11.9. The molecule has 0 bridgehead atoms. The fourth-order valence-electron chi connectivity index (χ4n) is 2.67. The van der Waals surface area contributed by atoms with Crippen LogP contribution in [0.5, 0.6) is 11.5 Å². The van der Waals surface area contributed by atoms with E-state index in [1.54, 1.807) is 18.7 Å². The normalized spacial score (nSPS) is 20.1. The Morgan fingerprint density at radius 2 is 2.10 bits per heavy atom. The van der Waals surface area contributed by atoms with Crippen molar-refractivity contribution in [1.29, 1.82) is 0 Å².